The lowest BCUT2D eigenvalue weighted by atomic mass is 9.85. The third-order valence-electron chi connectivity index (χ3n) is 7.40. The standard InChI is InChI=1S/C28H30N2O5S/c1-16-4-9-24(35-14-18-5-8-21(26(31)32)17(2)11-18)22(10-16)23-15-36-28(29-23)30-12-19-6-7-20(13-30)25(19)27(33)34-3/h4-5,8-11,15,19-20,25H,6-7,12-14H2,1-3H3,(H,31,32). The van der Waals surface area contributed by atoms with Crippen LogP contribution in [0.25, 0.3) is 11.3 Å². The molecule has 0 spiro atoms. The molecule has 2 heterocycles. The minimum atomic E-state index is -0.928. The van der Waals surface area contributed by atoms with E-state index >= 15 is 0 Å². The van der Waals surface area contributed by atoms with Crippen molar-refractivity contribution < 1.29 is 24.2 Å². The first-order valence-electron chi connectivity index (χ1n) is 12.2. The van der Waals surface area contributed by atoms with Crippen LogP contribution in [0.5, 0.6) is 5.75 Å². The summed E-state index contributed by atoms with van der Waals surface area (Å²) in [7, 11) is 1.48. The van der Waals surface area contributed by atoms with Crippen LogP contribution in [0.1, 0.15) is 39.9 Å². The molecule has 3 aromatic rings. The SMILES string of the molecule is COC(=O)C1C2CCC1CN(c1nc(-c3cc(C)ccc3OCc3ccc(C(=O)O)c(C)c3)cs1)C2. The number of aromatic carboxylic acids is 1. The van der Waals surface area contributed by atoms with E-state index in [9.17, 15) is 14.7 Å². The van der Waals surface area contributed by atoms with Gasteiger partial charge in [-0.1, -0.05) is 23.8 Å². The van der Waals surface area contributed by atoms with Crippen molar-refractivity contribution in [3.63, 3.8) is 0 Å². The molecule has 1 saturated heterocycles. The molecule has 2 unspecified atom stereocenters. The summed E-state index contributed by atoms with van der Waals surface area (Å²) in [5, 5.41) is 12.3. The molecule has 2 atom stereocenters. The third kappa shape index (κ3) is 4.69. The number of methoxy groups -OCH3 is 1. The van der Waals surface area contributed by atoms with E-state index in [0.717, 1.165) is 59.2 Å². The number of aromatic nitrogens is 1. The quantitative estimate of drug-likeness (QED) is 0.433. The molecule has 188 valence electrons. The number of nitrogens with zero attached hydrogens (tertiary/aromatic N) is 2. The number of ether oxygens (including phenoxy) is 2. The average Bonchev–Trinajstić information content (AvgIpc) is 3.45. The van der Waals surface area contributed by atoms with Gasteiger partial charge in [-0.3, -0.25) is 4.79 Å². The van der Waals surface area contributed by atoms with E-state index in [4.69, 9.17) is 14.5 Å². The number of carbonyl (C=O) groups is 2. The third-order valence-corrected chi connectivity index (χ3v) is 8.30. The first-order valence-corrected chi connectivity index (χ1v) is 13.1. The van der Waals surface area contributed by atoms with Crippen molar-refractivity contribution in [2.45, 2.75) is 33.3 Å². The number of hydrogen-bond acceptors (Lipinski definition) is 7. The van der Waals surface area contributed by atoms with E-state index in [1.165, 1.54) is 7.11 Å². The molecule has 36 heavy (non-hydrogen) atoms. The lowest BCUT2D eigenvalue weighted by Crippen LogP contribution is -2.45. The number of aryl methyl sites for hydroxylation is 2. The highest BCUT2D eigenvalue weighted by Gasteiger charge is 2.47. The van der Waals surface area contributed by atoms with Gasteiger partial charge in [-0.15, -0.1) is 11.3 Å². The van der Waals surface area contributed by atoms with Crippen LogP contribution in [-0.4, -0.2) is 42.2 Å². The fourth-order valence-corrected chi connectivity index (χ4v) is 6.47. The van der Waals surface area contributed by atoms with Crippen LogP contribution in [-0.2, 0) is 16.1 Å². The van der Waals surface area contributed by atoms with Crippen LogP contribution in [0.3, 0.4) is 0 Å². The largest absolute Gasteiger partial charge is 0.488 e. The number of rotatable bonds is 7. The van der Waals surface area contributed by atoms with E-state index in [1.807, 2.05) is 25.1 Å². The van der Waals surface area contributed by atoms with Crippen LogP contribution in [0.4, 0.5) is 5.13 Å². The highest BCUT2D eigenvalue weighted by molar-refractivity contribution is 7.14. The Morgan fingerprint density at radius 2 is 1.86 bits per heavy atom. The van der Waals surface area contributed by atoms with Crippen LogP contribution < -0.4 is 9.64 Å². The van der Waals surface area contributed by atoms with Crippen molar-refractivity contribution >= 4 is 28.4 Å². The summed E-state index contributed by atoms with van der Waals surface area (Å²) in [5.41, 5.74) is 4.84. The molecule has 2 fully saturated rings. The Morgan fingerprint density at radius 3 is 2.53 bits per heavy atom. The zero-order chi connectivity index (χ0) is 25.4. The van der Waals surface area contributed by atoms with Crippen molar-refractivity contribution in [2.75, 3.05) is 25.1 Å². The molecule has 8 heteroatoms. The van der Waals surface area contributed by atoms with Gasteiger partial charge in [-0.25, -0.2) is 9.78 Å². The van der Waals surface area contributed by atoms with Gasteiger partial charge in [0.2, 0.25) is 0 Å². The second kappa shape index (κ2) is 9.93. The summed E-state index contributed by atoms with van der Waals surface area (Å²) in [6.45, 7) is 5.82. The summed E-state index contributed by atoms with van der Waals surface area (Å²) in [4.78, 5) is 30.9. The Hall–Kier alpha value is -3.39. The molecule has 0 radical (unpaired) electrons. The van der Waals surface area contributed by atoms with E-state index < -0.39 is 5.97 Å². The van der Waals surface area contributed by atoms with E-state index in [1.54, 1.807) is 30.4 Å². The monoisotopic (exact) mass is 506 g/mol. The molecule has 1 N–H and O–H groups in total. The van der Waals surface area contributed by atoms with Gasteiger partial charge in [0.05, 0.1) is 24.3 Å². The van der Waals surface area contributed by atoms with Gasteiger partial charge in [0, 0.05) is 24.0 Å². The van der Waals surface area contributed by atoms with E-state index in [0.29, 0.717) is 29.6 Å². The summed E-state index contributed by atoms with van der Waals surface area (Å²) >= 11 is 1.62. The summed E-state index contributed by atoms with van der Waals surface area (Å²) in [6, 6.07) is 11.3. The minimum Gasteiger partial charge on any atom is -0.488 e. The van der Waals surface area contributed by atoms with Crippen LogP contribution in [0.15, 0.2) is 41.8 Å². The Kier molecular flexibility index (Phi) is 6.71. The van der Waals surface area contributed by atoms with Gasteiger partial charge in [0.15, 0.2) is 5.13 Å². The Balaban J connectivity index is 1.33. The average molecular weight is 507 g/mol. The highest BCUT2D eigenvalue weighted by atomic mass is 32.1. The topological polar surface area (TPSA) is 89.0 Å². The van der Waals surface area contributed by atoms with Crippen LogP contribution in [0.2, 0.25) is 0 Å². The molecular formula is C28H30N2O5S. The van der Waals surface area contributed by atoms with Gasteiger partial charge >= 0.3 is 11.9 Å². The number of thiazole rings is 1. The number of benzene rings is 2. The maximum atomic E-state index is 12.3. The molecule has 1 aliphatic carbocycles. The fourth-order valence-electron chi connectivity index (χ4n) is 5.62. The maximum absolute atomic E-state index is 12.3. The lowest BCUT2D eigenvalue weighted by Gasteiger charge is -2.36. The minimum absolute atomic E-state index is 0.00987. The lowest BCUT2D eigenvalue weighted by molar-refractivity contribution is -0.148. The van der Waals surface area contributed by atoms with Crippen molar-refractivity contribution in [1.82, 2.24) is 4.98 Å². The smallest absolute Gasteiger partial charge is 0.335 e. The Labute approximate surface area is 214 Å². The predicted octanol–water partition coefficient (Wildman–Crippen LogP) is 5.34. The zero-order valence-electron chi connectivity index (χ0n) is 20.7. The van der Waals surface area contributed by atoms with Crippen LogP contribution >= 0.6 is 11.3 Å². The first-order chi connectivity index (χ1) is 17.3. The molecule has 2 aliphatic rings. The molecule has 2 aromatic carbocycles. The zero-order valence-corrected chi connectivity index (χ0v) is 21.5. The predicted molar refractivity (Wildman–Crippen MR) is 139 cm³/mol. The number of hydrogen-bond donors (Lipinski definition) is 1. The van der Waals surface area contributed by atoms with Gasteiger partial charge in [0.1, 0.15) is 12.4 Å². The van der Waals surface area contributed by atoms with Gasteiger partial charge < -0.3 is 19.5 Å². The maximum Gasteiger partial charge on any atom is 0.335 e. The van der Waals surface area contributed by atoms with Crippen molar-refractivity contribution in [2.24, 2.45) is 17.8 Å². The Bertz CT molecular complexity index is 1290. The molecule has 1 aliphatic heterocycles. The Morgan fingerprint density at radius 1 is 1.11 bits per heavy atom. The number of carboxylic acids is 1. The molecule has 5 rings (SSSR count). The second-order valence-corrected chi connectivity index (χ2v) is 10.6. The van der Waals surface area contributed by atoms with Crippen molar-refractivity contribution in [1.29, 1.82) is 0 Å². The fraction of sp³-hybridized carbons (Fsp3) is 0.393. The van der Waals surface area contributed by atoms with Gasteiger partial charge in [-0.05, 0) is 67.9 Å². The highest BCUT2D eigenvalue weighted by Crippen LogP contribution is 2.45. The van der Waals surface area contributed by atoms with Crippen LogP contribution in [0, 0.1) is 31.6 Å². The number of piperidine rings is 1. The van der Waals surface area contributed by atoms with Gasteiger partial charge in [0.25, 0.3) is 0 Å². The molecule has 7 nitrogen and oxygen atoms in total. The number of esters is 1. The summed E-state index contributed by atoms with van der Waals surface area (Å²) < 4.78 is 11.3. The number of fused-ring (bicyclic) bond motifs is 2. The number of carboxylic acid groups (broad SMARTS) is 1. The molecule has 1 aromatic heterocycles. The summed E-state index contributed by atoms with van der Waals surface area (Å²) in [6.07, 6.45) is 2.11. The molecular weight excluding hydrogens is 476 g/mol. The number of carbonyl (C=O) groups excluding carboxylic acids is 1. The molecule has 0 amide bonds. The van der Waals surface area contributed by atoms with Crippen molar-refractivity contribution in [3.8, 4) is 17.0 Å². The van der Waals surface area contributed by atoms with E-state index in [-0.39, 0.29) is 11.9 Å². The van der Waals surface area contributed by atoms with Gasteiger partial charge in [-0.2, -0.15) is 0 Å². The normalized spacial score (nSPS) is 20.9. The first kappa shape index (κ1) is 24.3. The summed E-state index contributed by atoms with van der Waals surface area (Å²) in [5.74, 6) is 0.381. The van der Waals surface area contributed by atoms with E-state index in [2.05, 4.69) is 16.3 Å². The van der Waals surface area contributed by atoms with Crippen molar-refractivity contribution in [3.05, 3.63) is 64.0 Å². The number of anilines is 1. The molecule has 1 saturated carbocycles. The molecule has 2 bridgehead atoms. The second-order valence-electron chi connectivity index (χ2n) is 9.81.